The van der Waals surface area contributed by atoms with Crippen LogP contribution in [0.2, 0.25) is 0 Å². The van der Waals surface area contributed by atoms with E-state index >= 15 is 0 Å². The van der Waals surface area contributed by atoms with Crippen LogP contribution in [-0.4, -0.2) is 13.1 Å². The number of benzene rings is 2. The number of carbonyl (C=O) groups excluding carboxylic acids is 1. The Kier molecular flexibility index (Phi) is 2.80. The van der Waals surface area contributed by atoms with Crippen LogP contribution in [0.4, 0.5) is 0 Å². The van der Waals surface area contributed by atoms with E-state index in [1.54, 1.807) is 12.5 Å². The summed E-state index contributed by atoms with van der Waals surface area (Å²) < 4.78 is 10.0. The fraction of sp³-hybridized carbons (Fsp3) is 0.0625. The molecule has 0 bridgehead atoms. The van der Waals surface area contributed by atoms with Crippen molar-refractivity contribution in [2.24, 2.45) is 0 Å². The molecule has 0 atom stereocenters. The van der Waals surface area contributed by atoms with E-state index in [4.69, 9.17) is 9.15 Å². The Bertz CT molecular complexity index is 727. The molecular formula is C16H12O3. The molecule has 0 spiro atoms. The van der Waals surface area contributed by atoms with Gasteiger partial charge in [-0.3, -0.25) is 0 Å². The molecule has 0 radical (unpaired) electrons. The van der Waals surface area contributed by atoms with E-state index in [1.807, 2.05) is 42.5 Å². The summed E-state index contributed by atoms with van der Waals surface area (Å²) in [5, 5.41) is 1.89. The molecule has 1 heterocycles. The maximum absolute atomic E-state index is 12.1. The number of furan rings is 1. The van der Waals surface area contributed by atoms with Crippen molar-refractivity contribution < 1.29 is 13.9 Å². The summed E-state index contributed by atoms with van der Waals surface area (Å²) in [5.74, 6) is -0.340. The minimum atomic E-state index is -0.340. The largest absolute Gasteiger partial charge is 0.472 e. The predicted octanol–water partition coefficient (Wildman–Crippen LogP) is 3.89. The lowest BCUT2D eigenvalue weighted by Gasteiger charge is -2.10. The third-order valence-electron chi connectivity index (χ3n) is 3.15. The highest BCUT2D eigenvalue weighted by atomic mass is 16.5. The Morgan fingerprint density at radius 1 is 1.11 bits per heavy atom. The van der Waals surface area contributed by atoms with E-state index in [2.05, 4.69) is 0 Å². The Morgan fingerprint density at radius 3 is 2.68 bits per heavy atom. The van der Waals surface area contributed by atoms with Crippen LogP contribution in [0.1, 0.15) is 10.4 Å². The highest BCUT2D eigenvalue weighted by Gasteiger charge is 2.17. The van der Waals surface area contributed by atoms with Crippen LogP contribution in [0.5, 0.6) is 0 Å². The minimum absolute atomic E-state index is 0.340. The van der Waals surface area contributed by atoms with E-state index in [1.165, 1.54) is 7.11 Å². The van der Waals surface area contributed by atoms with Gasteiger partial charge in [0.15, 0.2) is 0 Å². The van der Waals surface area contributed by atoms with Gasteiger partial charge in [0.25, 0.3) is 0 Å². The average molecular weight is 252 g/mol. The molecule has 0 amide bonds. The van der Waals surface area contributed by atoms with E-state index in [0.717, 1.165) is 21.9 Å². The van der Waals surface area contributed by atoms with Gasteiger partial charge in [0.05, 0.1) is 25.2 Å². The number of hydrogen-bond acceptors (Lipinski definition) is 3. The SMILES string of the molecule is COC(=O)c1c(-c2ccoc2)ccc2ccccc12. The number of rotatable bonds is 2. The summed E-state index contributed by atoms with van der Waals surface area (Å²) in [6.45, 7) is 0. The number of esters is 1. The molecule has 94 valence electrons. The monoisotopic (exact) mass is 252 g/mol. The van der Waals surface area contributed by atoms with E-state index in [-0.39, 0.29) is 5.97 Å². The molecule has 0 aliphatic heterocycles. The number of methoxy groups -OCH3 is 1. The molecular weight excluding hydrogens is 240 g/mol. The molecule has 0 fully saturated rings. The van der Waals surface area contributed by atoms with Crippen molar-refractivity contribution in [1.29, 1.82) is 0 Å². The van der Waals surface area contributed by atoms with Crippen LogP contribution in [0.15, 0.2) is 59.4 Å². The third kappa shape index (κ3) is 1.89. The predicted molar refractivity (Wildman–Crippen MR) is 73.0 cm³/mol. The molecule has 0 saturated heterocycles. The molecule has 3 heteroatoms. The first-order valence-corrected chi connectivity index (χ1v) is 5.94. The highest BCUT2D eigenvalue weighted by molar-refractivity contribution is 6.10. The lowest BCUT2D eigenvalue weighted by Crippen LogP contribution is -2.04. The Labute approximate surface area is 110 Å². The number of carbonyl (C=O) groups is 1. The second-order valence-electron chi connectivity index (χ2n) is 4.21. The summed E-state index contributed by atoms with van der Waals surface area (Å²) in [5.41, 5.74) is 2.26. The van der Waals surface area contributed by atoms with Crippen LogP contribution in [0.3, 0.4) is 0 Å². The van der Waals surface area contributed by atoms with Crippen molar-refractivity contribution in [1.82, 2.24) is 0 Å². The fourth-order valence-electron chi connectivity index (χ4n) is 2.25. The maximum Gasteiger partial charge on any atom is 0.339 e. The first kappa shape index (κ1) is 11.5. The molecule has 0 aliphatic carbocycles. The molecule has 0 saturated carbocycles. The van der Waals surface area contributed by atoms with Crippen molar-refractivity contribution in [3.63, 3.8) is 0 Å². The molecule has 3 nitrogen and oxygen atoms in total. The number of hydrogen-bond donors (Lipinski definition) is 0. The minimum Gasteiger partial charge on any atom is -0.472 e. The van der Waals surface area contributed by atoms with Crippen LogP contribution in [-0.2, 0) is 4.74 Å². The van der Waals surface area contributed by atoms with Crippen molar-refractivity contribution in [2.75, 3.05) is 7.11 Å². The van der Waals surface area contributed by atoms with Crippen LogP contribution >= 0.6 is 0 Å². The molecule has 2 aromatic carbocycles. The van der Waals surface area contributed by atoms with E-state index in [0.29, 0.717) is 5.56 Å². The van der Waals surface area contributed by atoms with Crippen molar-refractivity contribution in [2.45, 2.75) is 0 Å². The van der Waals surface area contributed by atoms with Gasteiger partial charge >= 0.3 is 5.97 Å². The van der Waals surface area contributed by atoms with Crippen molar-refractivity contribution >= 4 is 16.7 Å². The lowest BCUT2D eigenvalue weighted by molar-refractivity contribution is 0.0604. The Morgan fingerprint density at radius 2 is 1.95 bits per heavy atom. The molecule has 3 rings (SSSR count). The first-order valence-electron chi connectivity index (χ1n) is 5.94. The Balaban J connectivity index is 2.36. The number of fused-ring (bicyclic) bond motifs is 1. The zero-order chi connectivity index (χ0) is 13.2. The normalized spacial score (nSPS) is 10.6. The molecule has 3 aromatic rings. The number of ether oxygens (including phenoxy) is 1. The van der Waals surface area contributed by atoms with Gasteiger partial charge in [-0.2, -0.15) is 0 Å². The smallest absolute Gasteiger partial charge is 0.339 e. The van der Waals surface area contributed by atoms with Gasteiger partial charge < -0.3 is 9.15 Å². The standard InChI is InChI=1S/C16H12O3/c1-18-16(17)15-13-5-3-2-4-11(13)6-7-14(15)12-8-9-19-10-12/h2-10H,1H3. The van der Waals surface area contributed by atoms with Crippen LogP contribution in [0, 0.1) is 0 Å². The zero-order valence-electron chi connectivity index (χ0n) is 10.4. The highest BCUT2D eigenvalue weighted by Crippen LogP contribution is 2.31. The lowest BCUT2D eigenvalue weighted by atomic mass is 9.95. The molecule has 1 aromatic heterocycles. The molecule has 0 N–H and O–H groups in total. The van der Waals surface area contributed by atoms with Gasteiger partial charge in [-0.1, -0.05) is 36.4 Å². The quantitative estimate of drug-likeness (QED) is 0.649. The maximum atomic E-state index is 12.1. The van der Waals surface area contributed by atoms with Crippen LogP contribution < -0.4 is 0 Å². The van der Waals surface area contributed by atoms with Crippen molar-refractivity contribution in [3.8, 4) is 11.1 Å². The first-order chi connectivity index (χ1) is 9.31. The molecule has 19 heavy (non-hydrogen) atoms. The molecule has 0 aliphatic rings. The second-order valence-corrected chi connectivity index (χ2v) is 4.21. The second kappa shape index (κ2) is 4.61. The summed E-state index contributed by atoms with van der Waals surface area (Å²) in [6.07, 6.45) is 3.21. The van der Waals surface area contributed by atoms with Gasteiger partial charge in [-0.25, -0.2) is 4.79 Å². The average Bonchev–Trinajstić information content (AvgIpc) is 2.99. The fourth-order valence-corrected chi connectivity index (χ4v) is 2.25. The van der Waals surface area contributed by atoms with Gasteiger partial charge in [-0.05, 0) is 16.8 Å². The topological polar surface area (TPSA) is 39.4 Å². The zero-order valence-corrected chi connectivity index (χ0v) is 10.4. The van der Waals surface area contributed by atoms with Gasteiger partial charge in [-0.15, -0.1) is 0 Å². The van der Waals surface area contributed by atoms with E-state index in [9.17, 15) is 4.79 Å². The van der Waals surface area contributed by atoms with Crippen LogP contribution in [0.25, 0.3) is 21.9 Å². The summed E-state index contributed by atoms with van der Waals surface area (Å²) >= 11 is 0. The van der Waals surface area contributed by atoms with Gasteiger partial charge in [0, 0.05) is 11.1 Å². The van der Waals surface area contributed by atoms with Gasteiger partial charge in [0.1, 0.15) is 0 Å². The summed E-state index contributed by atoms with van der Waals surface area (Å²) in [4.78, 5) is 12.1. The summed E-state index contributed by atoms with van der Waals surface area (Å²) in [7, 11) is 1.39. The molecule has 0 unspecified atom stereocenters. The van der Waals surface area contributed by atoms with E-state index < -0.39 is 0 Å². The Hall–Kier alpha value is -2.55. The third-order valence-corrected chi connectivity index (χ3v) is 3.15. The van der Waals surface area contributed by atoms with Gasteiger partial charge in [0.2, 0.25) is 0 Å². The summed E-state index contributed by atoms with van der Waals surface area (Å²) in [6, 6.07) is 13.5. The van der Waals surface area contributed by atoms with Crippen molar-refractivity contribution in [3.05, 3.63) is 60.6 Å².